The van der Waals surface area contributed by atoms with Crippen molar-refractivity contribution in [2.75, 3.05) is 13.6 Å². The summed E-state index contributed by atoms with van der Waals surface area (Å²) in [7, 11) is 1.71. The van der Waals surface area contributed by atoms with Crippen molar-refractivity contribution in [2.45, 2.75) is 12.2 Å². The maximum absolute atomic E-state index is 9.80. The average Bonchev–Trinajstić information content (AvgIpc) is 2.15. The van der Waals surface area contributed by atoms with Gasteiger partial charge in [0.15, 0.2) is 0 Å². The molecule has 0 saturated carbocycles. The number of hydrogen-bond donors (Lipinski definition) is 3. The monoisotopic (exact) mass is 293 g/mol. The third-order valence-electron chi connectivity index (χ3n) is 2.00. The Morgan fingerprint density at radius 1 is 1.40 bits per heavy atom. The number of aliphatic hydroxyl groups excluding tert-OH is 2. The summed E-state index contributed by atoms with van der Waals surface area (Å²) in [5.74, 6) is 0. The van der Waals surface area contributed by atoms with Gasteiger partial charge in [0.2, 0.25) is 0 Å². The Labute approximate surface area is 102 Å². The lowest BCUT2D eigenvalue weighted by molar-refractivity contribution is 0.0202. The molecule has 84 valence electrons. The SMILES string of the molecule is CNCC(O)C(O)c1cc(Cl)cc(Br)c1. The van der Waals surface area contributed by atoms with Crippen molar-refractivity contribution in [3.8, 4) is 0 Å². The smallest absolute Gasteiger partial charge is 0.106 e. The van der Waals surface area contributed by atoms with E-state index in [1.165, 1.54) is 0 Å². The first kappa shape index (κ1) is 12.9. The van der Waals surface area contributed by atoms with Gasteiger partial charge in [0, 0.05) is 16.0 Å². The molecule has 0 aliphatic carbocycles. The average molecular weight is 295 g/mol. The van der Waals surface area contributed by atoms with Gasteiger partial charge in [0.25, 0.3) is 0 Å². The van der Waals surface area contributed by atoms with E-state index in [1.807, 2.05) is 0 Å². The largest absolute Gasteiger partial charge is 0.389 e. The first-order valence-electron chi connectivity index (χ1n) is 4.51. The summed E-state index contributed by atoms with van der Waals surface area (Å²) in [4.78, 5) is 0. The Bertz CT molecular complexity index is 315. The Hall–Kier alpha value is -0.130. The van der Waals surface area contributed by atoms with Crippen molar-refractivity contribution in [1.82, 2.24) is 5.32 Å². The van der Waals surface area contributed by atoms with E-state index >= 15 is 0 Å². The second-order valence-electron chi connectivity index (χ2n) is 3.27. The lowest BCUT2D eigenvalue weighted by Crippen LogP contribution is -2.29. The lowest BCUT2D eigenvalue weighted by atomic mass is 10.0. The minimum Gasteiger partial charge on any atom is -0.389 e. The molecule has 5 heteroatoms. The van der Waals surface area contributed by atoms with Crippen molar-refractivity contribution >= 4 is 27.5 Å². The number of hydrogen-bond acceptors (Lipinski definition) is 3. The molecule has 0 aliphatic heterocycles. The van der Waals surface area contributed by atoms with Crippen LogP contribution in [0.1, 0.15) is 11.7 Å². The molecule has 0 saturated heterocycles. The van der Waals surface area contributed by atoms with Crippen LogP contribution in [0.3, 0.4) is 0 Å². The fourth-order valence-electron chi connectivity index (χ4n) is 1.29. The van der Waals surface area contributed by atoms with Crippen LogP contribution in [-0.2, 0) is 0 Å². The van der Waals surface area contributed by atoms with E-state index in [4.69, 9.17) is 11.6 Å². The number of likely N-dealkylation sites (N-methyl/N-ethyl adjacent to an activating group) is 1. The van der Waals surface area contributed by atoms with Crippen molar-refractivity contribution in [3.05, 3.63) is 33.3 Å². The summed E-state index contributed by atoms with van der Waals surface area (Å²) in [5.41, 5.74) is 0.595. The first-order valence-corrected chi connectivity index (χ1v) is 5.68. The quantitative estimate of drug-likeness (QED) is 0.792. The molecule has 2 unspecified atom stereocenters. The molecular weight excluding hydrogens is 281 g/mol. The molecule has 0 aromatic heterocycles. The zero-order valence-corrected chi connectivity index (χ0v) is 10.6. The molecule has 0 bridgehead atoms. The van der Waals surface area contributed by atoms with Crippen molar-refractivity contribution in [2.24, 2.45) is 0 Å². The summed E-state index contributed by atoms with van der Waals surface area (Å²) in [6.07, 6.45) is -1.78. The second kappa shape index (κ2) is 5.82. The molecule has 0 heterocycles. The van der Waals surface area contributed by atoms with Gasteiger partial charge >= 0.3 is 0 Å². The molecule has 1 rings (SSSR count). The van der Waals surface area contributed by atoms with Gasteiger partial charge < -0.3 is 15.5 Å². The third kappa shape index (κ3) is 3.74. The summed E-state index contributed by atoms with van der Waals surface area (Å²) in [5, 5.41) is 22.7. The summed E-state index contributed by atoms with van der Waals surface area (Å²) in [6, 6.07) is 5.09. The van der Waals surface area contributed by atoms with Crippen LogP contribution in [0.15, 0.2) is 22.7 Å². The van der Waals surface area contributed by atoms with Gasteiger partial charge in [-0.05, 0) is 30.8 Å². The standard InChI is InChI=1S/C10H13BrClNO2/c1-13-5-9(14)10(15)6-2-7(11)4-8(12)3-6/h2-4,9-10,13-15H,5H2,1H3. The minimum absolute atomic E-state index is 0.325. The highest BCUT2D eigenvalue weighted by molar-refractivity contribution is 9.10. The van der Waals surface area contributed by atoms with Gasteiger partial charge in [0.1, 0.15) is 6.10 Å². The van der Waals surface area contributed by atoms with Gasteiger partial charge in [-0.15, -0.1) is 0 Å². The topological polar surface area (TPSA) is 52.5 Å². The fourth-order valence-corrected chi connectivity index (χ4v) is 2.18. The van der Waals surface area contributed by atoms with E-state index in [9.17, 15) is 10.2 Å². The Morgan fingerprint density at radius 2 is 2.07 bits per heavy atom. The normalized spacial score (nSPS) is 15.0. The molecule has 0 amide bonds. The molecule has 3 nitrogen and oxygen atoms in total. The molecule has 0 aliphatic rings. The molecule has 0 spiro atoms. The van der Waals surface area contributed by atoms with Gasteiger partial charge in [-0.1, -0.05) is 27.5 Å². The van der Waals surface area contributed by atoms with Crippen LogP contribution in [-0.4, -0.2) is 29.9 Å². The first-order chi connectivity index (χ1) is 7.04. The fraction of sp³-hybridized carbons (Fsp3) is 0.400. The van der Waals surface area contributed by atoms with Crippen LogP contribution >= 0.6 is 27.5 Å². The molecule has 15 heavy (non-hydrogen) atoms. The van der Waals surface area contributed by atoms with Gasteiger partial charge in [0.05, 0.1) is 6.10 Å². The molecule has 0 fully saturated rings. The summed E-state index contributed by atoms with van der Waals surface area (Å²) >= 11 is 9.11. The number of aliphatic hydroxyl groups is 2. The van der Waals surface area contributed by atoms with Crippen molar-refractivity contribution < 1.29 is 10.2 Å². The predicted octanol–water partition coefficient (Wildman–Crippen LogP) is 1.72. The minimum atomic E-state index is -0.938. The van der Waals surface area contributed by atoms with Crippen LogP contribution in [0, 0.1) is 0 Å². The highest BCUT2D eigenvalue weighted by atomic mass is 79.9. The van der Waals surface area contributed by atoms with Gasteiger partial charge in [-0.2, -0.15) is 0 Å². The number of benzene rings is 1. The highest BCUT2D eigenvalue weighted by Gasteiger charge is 2.18. The Balaban J connectivity index is 2.85. The maximum Gasteiger partial charge on any atom is 0.106 e. The molecule has 1 aromatic rings. The van der Waals surface area contributed by atoms with Crippen molar-refractivity contribution in [1.29, 1.82) is 0 Å². The zero-order chi connectivity index (χ0) is 11.4. The predicted molar refractivity (Wildman–Crippen MR) is 64.0 cm³/mol. The van der Waals surface area contributed by atoms with Crippen LogP contribution in [0.4, 0.5) is 0 Å². The van der Waals surface area contributed by atoms with E-state index in [-0.39, 0.29) is 0 Å². The van der Waals surface area contributed by atoms with Crippen LogP contribution in [0.5, 0.6) is 0 Å². The van der Waals surface area contributed by atoms with E-state index < -0.39 is 12.2 Å². The van der Waals surface area contributed by atoms with Crippen molar-refractivity contribution in [3.63, 3.8) is 0 Å². The summed E-state index contributed by atoms with van der Waals surface area (Å²) < 4.78 is 0.778. The number of rotatable bonds is 4. The molecular formula is C10H13BrClNO2. The lowest BCUT2D eigenvalue weighted by Gasteiger charge is -2.18. The van der Waals surface area contributed by atoms with E-state index in [0.717, 1.165) is 4.47 Å². The molecule has 2 atom stereocenters. The van der Waals surface area contributed by atoms with Gasteiger partial charge in [-0.3, -0.25) is 0 Å². The summed E-state index contributed by atoms with van der Waals surface area (Å²) in [6.45, 7) is 0.325. The highest BCUT2D eigenvalue weighted by Crippen LogP contribution is 2.25. The van der Waals surface area contributed by atoms with E-state index in [0.29, 0.717) is 17.1 Å². The Kier molecular flexibility index (Phi) is 5.02. The van der Waals surface area contributed by atoms with Crippen LogP contribution in [0.2, 0.25) is 5.02 Å². The Morgan fingerprint density at radius 3 is 2.60 bits per heavy atom. The second-order valence-corrected chi connectivity index (χ2v) is 4.62. The van der Waals surface area contributed by atoms with E-state index in [2.05, 4.69) is 21.2 Å². The molecule has 0 radical (unpaired) electrons. The van der Waals surface area contributed by atoms with Crippen LogP contribution < -0.4 is 5.32 Å². The maximum atomic E-state index is 9.80. The van der Waals surface area contributed by atoms with E-state index in [1.54, 1.807) is 25.2 Å². The number of nitrogens with one attached hydrogen (secondary N) is 1. The third-order valence-corrected chi connectivity index (χ3v) is 2.68. The molecule has 3 N–H and O–H groups in total. The molecule has 1 aromatic carbocycles. The van der Waals surface area contributed by atoms with Crippen LogP contribution in [0.25, 0.3) is 0 Å². The number of halogens is 2. The zero-order valence-electron chi connectivity index (χ0n) is 8.24. The van der Waals surface area contributed by atoms with Gasteiger partial charge in [-0.25, -0.2) is 0 Å².